The number of ether oxygens (including phenoxy) is 2. The first-order valence-electron chi connectivity index (χ1n) is 13.7. The Labute approximate surface area is 253 Å². The Morgan fingerprint density at radius 1 is 1.14 bits per heavy atom. The maximum absolute atomic E-state index is 14.6. The average molecular weight is 602 g/mol. The summed E-state index contributed by atoms with van der Waals surface area (Å²) < 4.78 is 27.2. The van der Waals surface area contributed by atoms with Crippen LogP contribution in [0.5, 0.6) is 11.5 Å². The first-order valence-corrected chi connectivity index (χ1v) is 14.1. The smallest absolute Gasteiger partial charge is 0.305 e. The molecule has 0 saturated carbocycles. The van der Waals surface area contributed by atoms with E-state index in [1.807, 2.05) is 24.3 Å². The van der Waals surface area contributed by atoms with Gasteiger partial charge in [-0.2, -0.15) is 5.26 Å². The van der Waals surface area contributed by atoms with E-state index in [0.29, 0.717) is 51.6 Å². The van der Waals surface area contributed by atoms with Gasteiger partial charge >= 0.3 is 5.97 Å². The lowest BCUT2D eigenvalue weighted by atomic mass is 9.96. The molecule has 4 aromatic rings. The number of pyridine rings is 1. The summed E-state index contributed by atoms with van der Waals surface area (Å²) in [5.74, 6) is -0.497. The zero-order valence-corrected chi connectivity index (χ0v) is 23.9. The molecule has 2 atom stereocenters. The molecule has 1 aliphatic rings. The molecule has 8 nitrogen and oxygen atoms in total. The van der Waals surface area contributed by atoms with Gasteiger partial charge in [-0.15, -0.1) is 0 Å². The standard InChI is InChI=1S/C33H29ClFN3O5/c34-28-11-22(17-38-23(18-39)12-33(40)41)31(42-19-21-10-20(14-36)15-37-16-21)13-32(28)43-30-9-8-25-24(5-3-6-27(25)30)26-4-1-2-7-29(26)35/h1-7,10-11,13,15-16,23,30,38-39H,8-9,12,17-19H2,(H,40,41)/t23-,30-/m0/s1. The maximum Gasteiger partial charge on any atom is 0.305 e. The van der Waals surface area contributed by atoms with Gasteiger partial charge in [0.15, 0.2) is 0 Å². The van der Waals surface area contributed by atoms with Gasteiger partial charge in [-0.05, 0) is 47.7 Å². The third-order valence-corrected chi connectivity index (χ3v) is 7.60. The number of rotatable bonds is 12. The first kappa shape index (κ1) is 30.0. The second-order valence-corrected chi connectivity index (χ2v) is 10.6. The van der Waals surface area contributed by atoms with Crippen molar-refractivity contribution in [2.75, 3.05) is 6.61 Å². The van der Waals surface area contributed by atoms with E-state index in [1.165, 1.54) is 12.3 Å². The molecular weight excluding hydrogens is 573 g/mol. The fourth-order valence-corrected chi connectivity index (χ4v) is 5.45. The molecule has 5 rings (SSSR count). The molecule has 1 heterocycles. The minimum atomic E-state index is -1.04. The van der Waals surface area contributed by atoms with Crippen LogP contribution in [0.3, 0.4) is 0 Å². The van der Waals surface area contributed by atoms with Crippen LogP contribution in [-0.4, -0.2) is 33.8 Å². The highest BCUT2D eigenvalue weighted by Crippen LogP contribution is 2.43. The number of carboxylic acids is 1. The molecule has 10 heteroatoms. The molecule has 3 aromatic carbocycles. The van der Waals surface area contributed by atoms with Gasteiger partial charge in [-0.3, -0.25) is 9.78 Å². The van der Waals surface area contributed by atoms with Gasteiger partial charge in [0.05, 0.1) is 23.6 Å². The number of carboxylic acid groups (broad SMARTS) is 1. The monoisotopic (exact) mass is 601 g/mol. The van der Waals surface area contributed by atoms with Crippen molar-refractivity contribution in [1.82, 2.24) is 10.3 Å². The predicted octanol–water partition coefficient (Wildman–Crippen LogP) is 5.98. The Hall–Kier alpha value is -4.49. The van der Waals surface area contributed by atoms with Gasteiger partial charge in [-0.25, -0.2) is 4.39 Å². The molecular formula is C33H29ClFN3O5. The molecule has 43 heavy (non-hydrogen) atoms. The number of hydrogen-bond donors (Lipinski definition) is 3. The lowest BCUT2D eigenvalue weighted by Gasteiger charge is -2.21. The van der Waals surface area contributed by atoms with Crippen LogP contribution in [0.15, 0.2) is 73.1 Å². The number of fused-ring (bicyclic) bond motifs is 1. The fraction of sp³-hybridized carbons (Fsp3) is 0.242. The Balaban J connectivity index is 1.42. The largest absolute Gasteiger partial charge is 0.488 e. The summed E-state index contributed by atoms with van der Waals surface area (Å²) >= 11 is 6.70. The molecule has 3 N–H and O–H groups in total. The number of aromatic nitrogens is 1. The zero-order valence-electron chi connectivity index (χ0n) is 23.1. The number of benzene rings is 3. The molecule has 0 aliphatic heterocycles. The van der Waals surface area contributed by atoms with Crippen LogP contribution in [0.1, 0.15) is 46.8 Å². The van der Waals surface area contributed by atoms with E-state index in [4.69, 9.17) is 26.2 Å². The van der Waals surface area contributed by atoms with Crippen molar-refractivity contribution in [3.63, 3.8) is 0 Å². The highest BCUT2D eigenvalue weighted by Gasteiger charge is 2.28. The van der Waals surface area contributed by atoms with Gasteiger partial charge in [0.25, 0.3) is 0 Å². The molecule has 0 amide bonds. The van der Waals surface area contributed by atoms with Gasteiger partial charge in [-0.1, -0.05) is 48.0 Å². The van der Waals surface area contributed by atoms with Gasteiger partial charge < -0.3 is 25.0 Å². The first-order chi connectivity index (χ1) is 20.9. The highest BCUT2D eigenvalue weighted by molar-refractivity contribution is 6.32. The molecule has 1 aromatic heterocycles. The minimum absolute atomic E-state index is 0.105. The van der Waals surface area contributed by atoms with Crippen LogP contribution in [0.4, 0.5) is 4.39 Å². The summed E-state index contributed by atoms with van der Waals surface area (Å²) in [5.41, 5.74) is 5.08. The van der Waals surface area contributed by atoms with Crippen LogP contribution in [0, 0.1) is 17.1 Å². The number of nitriles is 1. The fourth-order valence-electron chi connectivity index (χ4n) is 5.22. The number of nitrogens with zero attached hydrogens (tertiary/aromatic N) is 2. The topological polar surface area (TPSA) is 125 Å². The molecule has 0 unspecified atom stereocenters. The van der Waals surface area contributed by atoms with Crippen LogP contribution < -0.4 is 14.8 Å². The summed E-state index contributed by atoms with van der Waals surface area (Å²) in [6, 6.07) is 18.9. The van der Waals surface area contributed by atoms with Crippen molar-refractivity contribution >= 4 is 17.6 Å². The van der Waals surface area contributed by atoms with Crippen LogP contribution in [0.25, 0.3) is 11.1 Å². The van der Waals surface area contributed by atoms with E-state index in [2.05, 4.69) is 16.4 Å². The van der Waals surface area contributed by atoms with E-state index in [0.717, 1.165) is 16.7 Å². The third kappa shape index (κ3) is 7.12. The zero-order chi connectivity index (χ0) is 30.3. The summed E-state index contributed by atoms with van der Waals surface area (Å²) in [6.07, 6.45) is 3.87. The van der Waals surface area contributed by atoms with E-state index < -0.39 is 12.0 Å². The van der Waals surface area contributed by atoms with Crippen molar-refractivity contribution in [1.29, 1.82) is 5.26 Å². The Morgan fingerprint density at radius 2 is 1.95 bits per heavy atom. The maximum atomic E-state index is 14.6. The number of hydrogen-bond acceptors (Lipinski definition) is 7. The summed E-state index contributed by atoms with van der Waals surface area (Å²) in [4.78, 5) is 15.2. The molecule has 0 spiro atoms. The predicted molar refractivity (Wildman–Crippen MR) is 158 cm³/mol. The van der Waals surface area contributed by atoms with Crippen molar-refractivity contribution in [3.05, 3.63) is 112 Å². The lowest BCUT2D eigenvalue weighted by Crippen LogP contribution is -2.34. The molecule has 0 radical (unpaired) electrons. The Kier molecular flexibility index (Phi) is 9.52. The van der Waals surface area contributed by atoms with Gasteiger partial charge in [0.1, 0.15) is 36.1 Å². The normalized spacial score (nSPS) is 14.5. The second-order valence-electron chi connectivity index (χ2n) is 10.2. The number of halogens is 2. The number of nitrogens with one attached hydrogen (secondary N) is 1. The summed E-state index contributed by atoms with van der Waals surface area (Å²) in [5, 5.41) is 31.3. The molecule has 220 valence electrons. The molecule has 0 bridgehead atoms. The number of aliphatic hydroxyl groups excluding tert-OH is 1. The molecule has 0 fully saturated rings. The Morgan fingerprint density at radius 3 is 2.72 bits per heavy atom. The minimum Gasteiger partial charge on any atom is -0.488 e. The van der Waals surface area contributed by atoms with Crippen LogP contribution >= 0.6 is 11.6 Å². The molecule has 1 aliphatic carbocycles. The number of aliphatic carboxylic acids is 1. The number of aliphatic hydroxyl groups is 1. The van der Waals surface area contributed by atoms with Gasteiger partial charge in [0.2, 0.25) is 0 Å². The third-order valence-electron chi connectivity index (χ3n) is 7.30. The van der Waals surface area contributed by atoms with E-state index in [1.54, 1.807) is 36.5 Å². The summed E-state index contributed by atoms with van der Waals surface area (Å²) in [6.45, 7) is -0.0873. The van der Waals surface area contributed by atoms with Gasteiger partial charge in [0, 0.05) is 47.7 Å². The number of carbonyl (C=O) groups is 1. The SMILES string of the molecule is N#Cc1cncc(COc2cc(O[C@H]3CCc4c(-c5ccccc5F)cccc43)c(Cl)cc2CN[C@H](CO)CC(=O)O)c1. The summed E-state index contributed by atoms with van der Waals surface area (Å²) in [7, 11) is 0. The van der Waals surface area contributed by atoms with Crippen LogP contribution in [0.2, 0.25) is 5.02 Å². The van der Waals surface area contributed by atoms with E-state index in [9.17, 15) is 19.6 Å². The van der Waals surface area contributed by atoms with Crippen molar-refractivity contribution in [2.45, 2.75) is 44.6 Å². The van der Waals surface area contributed by atoms with Crippen LogP contribution in [-0.2, 0) is 24.4 Å². The molecule has 0 saturated heterocycles. The van der Waals surface area contributed by atoms with Crippen molar-refractivity contribution in [3.8, 4) is 28.7 Å². The second kappa shape index (κ2) is 13.7. The van der Waals surface area contributed by atoms with E-state index in [-0.39, 0.29) is 38.1 Å². The lowest BCUT2D eigenvalue weighted by molar-refractivity contribution is -0.137. The Bertz CT molecular complexity index is 1680. The quantitative estimate of drug-likeness (QED) is 0.181. The highest BCUT2D eigenvalue weighted by atomic mass is 35.5. The van der Waals surface area contributed by atoms with E-state index >= 15 is 0 Å². The van der Waals surface area contributed by atoms with Crippen molar-refractivity contribution in [2.24, 2.45) is 0 Å². The average Bonchev–Trinajstić information content (AvgIpc) is 3.42. The van der Waals surface area contributed by atoms with Crippen molar-refractivity contribution < 1.29 is 28.9 Å².